The van der Waals surface area contributed by atoms with E-state index in [-0.39, 0.29) is 28.9 Å². The quantitative estimate of drug-likeness (QED) is 0.453. The third-order valence-electron chi connectivity index (χ3n) is 3.43. The van der Waals surface area contributed by atoms with E-state index in [0.717, 1.165) is 0 Å². The maximum atomic E-state index is 12.4. The molecule has 0 radical (unpaired) electrons. The first-order chi connectivity index (χ1) is 11.7. The molecule has 0 bridgehead atoms. The number of halogens is 2. The van der Waals surface area contributed by atoms with Gasteiger partial charge in [-0.3, -0.25) is 4.79 Å². The van der Waals surface area contributed by atoms with Crippen LogP contribution in [0, 0.1) is 0 Å². The molecule has 0 aliphatic carbocycles. The minimum Gasteiger partial charge on any atom is -0.476 e. The predicted molar refractivity (Wildman–Crippen MR) is 108 cm³/mol. The number of hydrogen-bond acceptors (Lipinski definition) is 4. The normalized spacial score (nSPS) is 10.8. The molecule has 26 heavy (non-hydrogen) atoms. The molecule has 0 amide bonds. The van der Waals surface area contributed by atoms with Gasteiger partial charge < -0.3 is 9.47 Å². The van der Waals surface area contributed by atoms with E-state index in [0.29, 0.717) is 21.9 Å². The first-order valence-electron chi connectivity index (χ1n) is 7.99. The van der Waals surface area contributed by atoms with Gasteiger partial charge in [0.2, 0.25) is 0 Å². The Hall–Kier alpha value is -1.85. The monoisotopic (exact) mass is 440 g/mol. The van der Waals surface area contributed by atoms with Crippen molar-refractivity contribution in [3.63, 3.8) is 0 Å². The molecule has 0 fully saturated rings. The second-order valence-electron chi connectivity index (χ2n) is 6.43. The highest BCUT2D eigenvalue weighted by Crippen LogP contribution is 2.22. The van der Waals surface area contributed by atoms with Crippen LogP contribution in [0.3, 0.4) is 0 Å². The van der Waals surface area contributed by atoms with Crippen molar-refractivity contribution in [1.29, 1.82) is 0 Å². The van der Waals surface area contributed by atoms with Gasteiger partial charge in [0.1, 0.15) is 5.75 Å². The highest BCUT2D eigenvalue weighted by atomic mass is 79.9. The fourth-order valence-electron chi connectivity index (χ4n) is 2.13. The van der Waals surface area contributed by atoms with Crippen LogP contribution in [0.2, 0.25) is 5.02 Å². The number of carbonyl (C=O) groups is 2. The third kappa shape index (κ3) is 5.85. The summed E-state index contributed by atoms with van der Waals surface area (Å²) in [4.78, 5) is 24.5. The highest BCUT2D eigenvalue weighted by Gasteiger charge is 2.32. The summed E-state index contributed by atoms with van der Waals surface area (Å²) in [5.74, 6) is -0.0659. The summed E-state index contributed by atoms with van der Waals surface area (Å²) in [6.07, 6.45) is -0.213. The Kier molecular flexibility index (Phi) is 7.85. The summed E-state index contributed by atoms with van der Waals surface area (Å²) in [5, 5.41) is 0.579. The van der Waals surface area contributed by atoms with Crippen molar-refractivity contribution in [2.75, 3.05) is 0 Å². The molecular formula is C20H22BrClO4. The molecular weight excluding hydrogens is 420 g/mol. The Morgan fingerprint density at radius 1 is 0.923 bits per heavy atom. The third-order valence-corrected chi connectivity index (χ3v) is 3.68. The molecule has 0 heterocycles. The number of rotatable bonds is 6. The first-order valence-corrected chi connectivity index (χ1v) is 8.37. The average molecular weight is 442 g/mol. The Morgan fingerprint density at radius 3 is 1.85 bits per heavy atom. The molecule has 140 valence electrons. The van der Waals surface area contributed by atoms with Crippen LogP contribution in [0.1, 0.15) is 43.6 Å². The zero-order valence-electron chi connectivity index (χ0n) is 15.1. The van der Waals surface area contributed by atoms with Crippen molar-refractivity contribution in [2.45, 2.75) is 39.4 Å². The van der Waals surface area contributed by atoms with Crippen molar-refractivity contribution in [3.8, 4) is 5.75 Å². The minimum atomic E-state index is -1.12. The maximum Gasteiger partial charge on any atom is 0.350 e. The van der Waals surface area contributed by atoms with Gasteiger partial charge in [-0.15, -0.1) is 17.0 Å². The van der Waals surface area contributed by atoms with Crippen LogP contribution in [-0.4, -0.2) is 23.5 Å². The highest BCUT2D eigenvalue weighted by molar-refractivity contribution is 8.93. The van der Waals surface area contributed by atoms with Gasteiger partial charge in [0.15, 0.2) is 11.4 Å². The lowest BCUT2D eigenvalue weighted by molar-refractivity contribution is -0.163. The van der Waals surface area contributed by atoms with E-state index in [1.165, 1.54) is 0 Å². The number of ether oxygens (including phenoxy) is 2. The van der Waals surface area contributed by atoms with Crippen molar-refractivity contribution in [3.05, 3.63) is 64.7 Å². The second kappa shape index (κ2) is 9.19. The molecule has 0 aliphatic heterocycles. The Morgan fingerprint density at radius 2 is 1.38 bits per heavy atom. The summed E-state index contributed by atoms with van der Waals surface area (Å²) in [6.45, 7) is 6.85. The molecule has 6 heteroatoms. The van der Waals surface area contributed by atoms with Gasteiger partial charge in [0.05, 0.1) is 6.10 Å². The summed E-state index contributed by atoms with van der Waals surface area (Å²) >= 11 is 5.84. The number of benzene rings is 2. The standard InChI is InChI=1S/C20H21ClO4.BrH/c1-13(2)24-19(23)20(3,4)25-17-11-7-15(8-12-17)18(22)14-5-9-16(21)10-6-14;/h5-13H,1-4H3;1H. The Bertz CT molecular complexity index is 752. The molecule has 0 aliphatic rings. The summed E-state index contributed by atoms with van der Waals surface area (Å²) < 4.78 is 10.9. The molecule has 2 aromatic rings. The number of hydrogen-bond donors (Lipinski definition) is 0. The van der Waals surface area contributed by atoms with E-state index >= 15 is 0 Å². The van der Waals surface area contributed by atoms with Gasteiger partial charge in [0.25, 0.3) is 0 Å². The van der Waals surface area contributed by atoms with E-state index in [9.17, 15) is 9.59 Å². The van der Waals surface area contributed by atoms with Crippen molar-refractivity contribution >= 4 is 40.3 Å². The largest absolute Gasteiger partial charge is 0.476 e. The van der Waals surface area contributed by atoms with E-state index in [1.807, 2.05) is 0 Å². The van der Waals surface area contributed by atoms with Gasteiger partial charge in [-0.1, -0.05) is 11.6 Å². The predicted octanol–water partition coefficient (Wildman–Crippen LogP) is 5.26. The smallest absolute Gasteiger partial charge is 0.350 e. The molecule has 0 spiro atoms. The molecule has 2 rings (SSSR count). The van der Waals surface area contributed by atoms with Gasteiger partial charge in [0, 0.05) is 16.1 Å². The second-order valence-corrected chi connectivity index (χ2v) is 6.86. The molecule has 0 atom stereocenters. The molecule has 0 N–H and O–H groups in total. The summed E-state index contributed by atoms with van der Waals surface area (Å²) in [6, 6.07) is 13.4. The Balaban J connectivity index is 0.00000338. The average Bonchev–Trinajstić information content (AvgIpc) is 2.54. The van der Waals surface area contributed by atoms with Crippen LogP contribution >= 0.6 is 28.6 Å². The lowest BCUT2D eigenvalue weighted by Crippen LogP contribution is -2.40. The molecule has 2 aromatic carbocycles. The van der Waals surface area contributed by atoms with Gasteiger partial charge in [-0.2, -0.15) is 0 Å². The number of carbonyl (C=O) groups excluding carboxylic acids is 2. The zero-order chi connectivity index (χ0) is 18.6. The van der Waals surface area contributed by atoms with Crippen molar-refractivity contribution in [2.24, 2.45) is 0 Å². The summed E-state index contributed by atoms with van der Waals surface area (Å²) in [5.41, 5.74) is -0.0393. The molecule has 0 saturated carbocycles. The van der Waals surface area contributed by atoms with Crippen LogP contribution < -0.4 is 4.74 Å². The van der Waals surface area contributed by atoms with E-state index in [2.05, 4.69) is 0 Å². The number of esters is 1. The van der Waals surface area contributed by atoms with Crippen LogP contribution in [0.15, 0.2) is 48.5 Å². The van der Waals surface area contributed by atoms with E-state index < -0.39 is 11.6 Å². The van der Waals surface area contributed by atoms with Crippen molar-refractivity contribution < 1.29 is 19.1 Å². The lowest BCUT2D eigenvalue weighted by Gasteiger charge is -2.25. The van der Waals surface area contributed by atoms with Crippen LogP contribution in [0.25, 0.3) is 0 Å². The Labute approximate surface area is 169 Å². The molecule has 0 aromatic heterocycles. The molecule has 0 unspecified atom stereocenters. The van der Waals surface area contributed by atoms with Crippen LogP contribution in [0.5, 0.6) is 5.75 Å². The number of ketones is 1. The fraction of sp³-hybridized carbons (Fsp3) is 0.300. The fourth-order valence-corrected chi connectivity index (χ4v) is 2.26. The lowest BCUT2D eigenvalue weighted by atomic mass is 10.0. The zero-order valence-corrected chi connectivity index (χ0v) is 17.6. The van der Waals surface area contributed by atoms with Gasteiger partial charge in [-0.25, -0.2) is 4.79 Å². The van der Waals surface area contributed by atoms with E-state index in [1.54, 1.807) is 76.2 Å². The van der Waals surface area contributed by atoms with Gasteiger partial charge in [-0.05, 0) is 76.2 Å². The van der Waals surface area contributed by atoms with E-state index in [4.69, 9.17) is 21.1 Å². The SMILES string of the molecule is Br.CC(C)OC(=O)C(C)(C)Oc1ccc(C(=O)c2ccc(Cl)cc2)cc1. The van der Waals surface area contributed by atoms with Crippen LogP contribution in [0.4, 0.5) is 0 Å². The van der Waals surface area contributed by atoms with Crippen LogP contribution in [-0.2, 0) is 9.53 Å². The van der Waals surface area contributed by atoms with Crippen molar-refractivity contribution in [1.82, 2.24) is 0 Å². The first kappa shape index (κ1) is 22.2. The topological polar surface area (TPSA) is 52.6 Å². The van der Waals surface area contributed by atoms with Gasteiger partial charge >= 0.3 is 5.97 Å². The molecule has 4 nitrogen and oxygen atoms in total. The minimum absolute atomic E-state index is 0. The maximum absolute atomic E-state index is 12.4. The molecule has 0 saturated heterocycles. The summed E-state index contributed by atoms with van der Waals surface area (Å²) in [7, 11) is 0.